The molecule has 2 aromatic heterocycles. The number of nitrogens with one attached hydrogen (secondary N) is 1. The van der Waals surface area contributed by atoms with E-state index in [2.05, 4.69) is 10.3 Å². The van der Waals surface area contributed by atoms with Gasteiger partial charge in [-0.15, -0.1) is 11.3 Å². The van der Waals surface area contributed by atoms with E-state index in [9.17, 15) is 19.5 Å². The van der Waals surface area contributed by atoms with E-state index in [0.717, 1.165) is 11.3 Å². The summed E-state index contributed by atoms with van der Waals surface area (Å²) >= 11 is 0.946. The Morgan fingerprint density at radius 3 is 2.61 bits per heavy atom. The van der Waals surface area contributed by atoms with Crippen LogP contribution in [0.25, 0.3) is 10.2 Å². The number of carbonyl (C=O) groups is 2. The standard InChI is InChI=1S/C19H19N3O5S/c1-4-27-13-7-5-12(6-8-13)21-16(23)11(3)22-9-20-17-14(18(22)24)10(2)15(28-17)19(25)26/h5-9,11H,4H2,1-3H3,(H,21,23)(H,25,26). The Labute approximate surface area is 164 Å². The van der Waals surface area contributed by atoms with Crippen molar-refractivity contribution in [2.75, 3.05) is 11.9 Å². The first kappa shape index (κ1) is 19.6. The SMILES string of the molecule is CCOc1ccc(NC(=O)C(C)n2cnc3sc(C(=O)O)c(C)c3c2=O)cc1. The zero-order valence-electron chi connectivity index (χ0n) is 15.6. The van der Waals surface area contributed by atoms with Crippen molar-refractivity contribution in [3.8, 4) is 5.75 Å². The Hall–Kier alpha value is -3.20. The number of nitrogens with zero attached hydrogens (tertiary/aromatic N) is 2. The molecule has 1 amide bonds. The van der Waals surface area contributed by atoms with Gasteiger partial charge >= 0.3 is 5.97 Å². The van der Waals surface area contributed by atoms with Crippen molar-refractivity contribution in [2.24, 2.45) is 0 Å². The van der Waals surface area contributed by atoms with Crippen LogP contribution < -0.4 is 15.6 Å². The van der Waals surface area contributed by atoms with E-state index in [1.165, 1.54) is 10.9 Å². The molecule has 0 bridgehead atoms. The number of rotatable bonds is 6. The zero-order chi connectivity index (χ0) is 20.4. The summed E-state index contributed by atoms with van der Waals surface area (Å²) in [7, 11) is 0. The number of aryl methyl sites for hydroxylation is 1. The number of benzene rings is 1. The largest absolute Gasteiger partial charge is 0.494 e. The molecule has 0 saturated heterocycles. The minimum atomic E-state index is -1.10. The average molecular weight is 401 g/mol. The summed E-state index contributed by atoms with van der Waals surface area (Å²) in [4.78, 5) is 41.3. The number of amides is 1. The summed E-state index contributed by atoms with van der Waals surface area (Å²) in [5, 5.41) is 12.2. The Balaban J connectivity index is 1.88. The van der Waals surface area contributed by atoms with Crippen LogP contribution in [0, 0.1) is 6.92 Å². The number of carboxylic acid groups (broad SMARTS) is 1. The number of anilines is 1. The second-order valence-electron chi connectivity index (χ2n) is 6.12. The van der Waals surface area contributed by atoms with Crippen LogP contribution in [-0.4, -0.2) is 33.1 Å². The minimum Gasteiger partial charge on any atom is -0.494 e. The Morgan fingerprint density at radius 1 is 1.32 bits per heavy atom. The molecule has 1 unspecified atom stereocenters. The van der Waals surface area contributed by atoms with Gasteiger partial charge in [0.1, 0.15) is 21.5 Å². The lowest BCUT2D eigenvalue weighted by atomic mass is 10.2. The van der Waals surface area contributed by atoms with Gasteiger partial charge in [0.15, 0.2) is 0 Å². The molecule has 0 saturated carbocycles. The van der Waals surface area contributed by atoms with E-state index >= 15 is 0 Å². The molecule has 9 heteroatoms. The zero-order valence-corrected chi connectivity index (χ0v) is 16.4. The predicted molar refractivity (Wildman–Crippen MR) is 107 cm³/mol. The number of carboxylic acids is 1. The number of fused-ring (bicyclic) bond motifs is 1. The second-order valence-corrected chi connectivity index (χ2v) is 7.12. The lowest BCUT2D eigenvalue weighted by Gasteiger charge is -2.15. The van der Waals surface area contributed by atoms with Crippen molar-refractivity contribution in [2.45, 2.75) is 26.8 Å². The van der Waals surface area contributed by atoms with Crippen LogP contribution in [0.2, 0.25) is 0 Å². The molecule has 0 aliphatic carbocycles. The van der Waals surface area contributed by atoms with Crippen LogP contribution in [0.4, 0.5) is 5.69 Å². The van der Waals surface area contributed by atoms with E-state index < -0.39 is 23.5 Å². The molecular formula is C19H19N3O5S. The van der Waals surface area contributed by atoms with Crippen LogP contribution in [0.1, 0.15) is 35.1 Å². The monoisotopic (exact) mass is 401 g/mol. The van der Waals surface area contributed by atoms with Gasteiger partial charge < -0.3 is 15.2 Å². The molecule has 2 heterocycles. The molecule has 2 N–H and O–H groups in total. The predicted octanol–water partition coefficient (Wildman–Crippen LogP) is 3.06. The molecule has 0 aliphatic rings. The minimum absolute atomic E-state index is 0.0730. The highest BCUT2D eigenvalue weighted by molar-refractivity contribution is 7.20. The van der Waals surface area contributed by atoms with Crippen molar-refractivity contribution in [3.63, 3.8) is 0 Å². The first-order valence-corrected chi connectivity index (χ1v) is 9.42. The third-order valence-corrected chi connectivity index (χ3v) is 5.49. The molecule has 0 radical (unpaired) electrons. The van der Waals surface area contributed by atoms with Crippen LogP contribution in [0.3, 0.4) is 0 Å². The van der Waals surface area contributed by atoms with Gasteiger partial charge in [0.25, 0.3) is 5.56 Å². The smallest absolute Gasteiger partial charge is 0.346 e. The number of hydrogen-bond acceptors (Lipinski definition) is 6. The highest BCUT2D eigenvalue weighted by Crippen LogP contribution is 2.27. The van der Waals surface area contributed by atoms with Crippen LogP contribution in [-0.2, 0) is 4.79 Å². The fourth-order valence-electron chi connectivity index (χ4n) is 2.79. The molecule has 0 spiro atoms. The first-order chi connectivity index (χ1) is 13.3. The van der Waals surface area contributed by atoms with Gasteiger partial charge in [-0.25, -0.2) is 9.78 Å². The number of thiophene rings is 1. The molecule has 0 fully saturated rings. The van der Waals surface area contributed by atoms with Gasteiger partial charge in [0.2, 0.25) is 5.91 Å². The molecule has 1 atom stereocenters. The third kappa shape index (κ3) is 3.61. The fourth-order valence-corrected chi connectivity index (χ4v) is 3.77. The van der Waals surface area contributed by atoms with Gasteiger partial charge in [-0.05, 0) is 50.6 Å². The molecule has 146 valence electrons. The summed E-state index contributed by atoms with van der Waals surface area (Å²) in [6.07, 6.45) is 1.27. The molecule has 1 aromatic carbocycles. The quantitative estimate of drug-likeness (QED) is 0.657. The molecule has 3 aromatic rings. The number of aromatic carboxylic acids is 1. The Kier molecular flexibility index (Phi) is 5.46. The molecule has 28 heavy (non-hydrogen) atoms. The highest BCUT2D eigenvalue weighted by atomic mass is 32.1. The van der Waals surface area contributed by atoms with Gasteiger partial charge in [-0.2, -0.15) is 0 Å². The van der Waals surface area contributed by atoms with Crippen molar-refractivity contribution >= 4 is 39.1 Å². The maximum atomic E-state index is 12.8. The van der Waals surface area contributed by atoms with E-state index in [1.54, 1.807) is 38.1 Å². The van der Waals surface area contributed by atoms with Crippen molar-refractivity contribution in [3.05, 3.63) is 51.4 Å². The Morgan fingerprint density at radius 2 is 2.00 bits per heavy atom. The van der Waals surface area contributed by atoms with Crippen LogP contribution in [0.15, 0.2) is 35.4 Å². The molecular weight excluding hydrogens is 382 g/mol. The summed E-state index contributed by atoms with van der Waals surface area (Å²) in [5.41, 5.74) is 0.487. The first-order valence-electron chi connectivity index (χ1n) is 8.60. The van der Waals surface area contributed by atoms with Crippen molar-refractivity contribution in [1.29, 1.82) is 0 Å². The van der Waals surface area contributed by atoms with E-state index in [0.29, 0.717) is 28.4 Å². The van der Waals surface area contributed by atoms with Gasteiger partial charge in [-0.1, -0.05) is 0 Å². The number of carbonyl (C=O) groups excluding carboxylic acids is 1. The summed E-state index contributed by atoms with van der Waals surface area (Å²) in [6.45, 7) is 5.58. The fraction of sp³-hybridized carbons (Fsp3) is 0.263. The summed E-state index contributed by atoms with van der Waals surface area (Å²) in [5.74, 6) is -0.798. The maximum absolute atomic E-state index is 12.8. The van der Waals surface area contributed by atoms with Crippen molar-refractivity contribution in [1.82, 2.24) is 9.55 Å². The maximum Gasteiger partial charge on any atom is 0.346 e. The topological polar surface area (TPSA) is 111 Å². The van der Waals surface area contributed by atoms with Crippen LogP contribution >= 0.6 is 11.3 Å². The lowest BCUT2D eigenvalue weighted by molar-refractivity contribution is -0.118. The normalized spacial score (nSPS) is 12.0. The average Bonchev–Trinajstić information content (AvgIpc) is 3.01. The number of aromatic nitrogens is 2. The molecule has 3 rings (SSSR count). The Bertz CT molecular complexity index is 1100. The van der Waals surface area contributed by atoms with E-state index in [4.69, 9.17) is 4.74 Å². The van der Waals surface area contributed by atoms with Crippen molar-refractivity contribution < 1.29 is 19.4 Å². The van der Waals surface area contributed by atoms with Gasteiger partial charge in [0.05, 0.1) is 18.3 Å². The number of hydrogen-bond donors (Lipinski definition) is 2. The molecule has 8 nitrogen and oxygen atoms in total. The van der Waals surface area contributed by atoms with Gasteiger partial charge in [-0.3, -0.25) is 14.2 Å². The summed E-state index contributed by atoms with van der Waals surface area (Å²) < 4.78 is 6.57. The molecule has 0 aliphatic heterocycles. The van der Waals surface area contributed by atoms with E-state index in [-0.39, 0.29) is 10.3 Å². The third-order valence-electron chi connectivity index (χ3n) is 4.30. The van der Waals surface area contributed by atoms with E-state index in [1.807, 2.05) is 6.92 Å². The summed E-state index contributed by atoms with van der Waals surface area (Å²) in [6, 6.07) is 6.07. The highest BCUT2D eigenvalue weighted by Gasteiger charge is 2.22. The van der Waals surface area contributed by atoms with Crippen LogP contribution in [0.5, 0.6) is 5.75 Å². The second kappa shape index (κ2) is 7.81. The number of ether oxygens (including phenoxy) is 1. The lowest BCUT2D eigenvalue weighted by Crippen LogP contribution is -2.31. The van der Waals surface area contributed by atoms with Gasteiger partial charge in [0, 0.05) is 5.69 Å².